The van der Waals surface area contributed by atoms with Crippen molar-refractivity contribution < 1.29 is 57.6 Å². The lowest BCUT2D eigenvalue weighted by Gasteiger charge is -2.57. The van der Waals surface area contributed by atoms with E-state index in [1.54, 1.807) is 29.8 Å². The molecule has 130 heavy (non-hydrogen) atoms. The van der Waals surface area contributed by atoms with Crippen LogP contribution in [0.5, 0.6) is 46.0 Å². The lowest BCUT2D eigenvalue weighted by atomic mass is 9.48. The molecule has 5 aliphatic rings. The summed E-state index contributed by atoms with van der Waals surface area (Å²) in [5.41, 5.74) is 14.3. The second kappa shape index (κ2) is 62.5. The van der Waals surface area contributed by atoms with Crippen LogP contribution in [-0.4, -0.2) is 74.5 Å². The highest BCUT2D eigenvalue weighted by Crippen LogP contribution is 2.61. The molecule has 0 aromatic heterocycles. The maximum absolute atomic E-state index is 11.4. The van der Waals surface area contributed by atoms with Crippen molar-refractivity contribution in [2.75, 3.05) is 39.6 Å². The van der Waals surface area contributed by atoms with E-state index in [2.05, 4.69) is 184 Å². The molecule has 0 amide bonds. The Morgan fingerprint density at radius 3 is 0.892 bits per heavy atom. The van der Waals surface area contributed by atoms with Gasteiger partial charge in [-0.3, -0.25) is 4.79 Å². The van der Waals surface area contributed by atoms with Crippen molar-refractivity contribution in [3.8, 4) is 68.2 Å². The minimum atomic E-state index is -0.369. The van der Waals surface area contributed by atoms with Gasteiger partial charge < -0.3 is 52.8 Å². The van der Waals surface area contributed by atoms with Crippen LogP contribution in [0.15, 0.2) is 249 Å². The smallest absolute Gasteiger partial charge is 0.197 e. The van der Waals surface area contributed by atoms with Gasteiger partial charge in [-0.1, -0.05) is 307 Å². The van der Waals surface area contributed by atoms with Crippen LogP contribution in [0, 0.1) is 17.8 Å². The molecule has 4 bridgehead atoms. The summed E-state index contributed by atoms with van der Waals surface area (Å²) < 4.78 is 53.2. The normalized spacial score (nSPS) is 17.0. The Morgan fingerprint density at radius 2 is 0.592 bits per heavy atom. The van der Waals surface area contributed by atoms with E-state index in [1.165, 1.54) is 71.9 Å². The Hall–Kier alpha value is -9.85. The van der Waals surface area contributed by atoms with E-state index in [4.69, 9.17) is 52.8 Å². The third-order valence-electron chi connectivity index (χ3n) is 24.9. The van der Waals surface area contributed by atoms with Gasteiger partial charge in [0.1, 0.15) is 71.6 Å². The number of para-hydroxylation sites is 1. The minimum Gasteiger partial charge on any atom is -0.508 e. The molecular formula is C118H176O12. The number of aromatic hydroxyl groups is 2. The predicted molar refractivity (Wildman–Crippen MR) is 557 cm³/mol. The fraction of sp³-hybridized carbons (Fsp3) is 0.483. The highest BCUT2D eigenvalue weighted by Gasteiger charge is 2.51. The minimum absolute atomic E-state index is 0. The SMILES string of the molecule is C.C.C.C.C.C.C.C.C.C.CCC(C)c1ccc(O)cc1.CCC(C)c1ccc(O)cc1.CCC(C)c1ccc(OC(C)OCCOc2c(-c3ccccc3)cccc2-c2ccccc2)cc1.CCC(C)c1ccc(OC(C)OCCOc2ccc(C34CC5CC(CC(C5)C3)C4)cc2)cc1.CCC(C)c1ccc(OC(C)OCCOc2ccc(C3CCC(=O)CC3)cc2)cc1. The molecule has 5 saturated carbocycles. The largest absolute Gasteiger partial charge is 0.508 e. The summed E-state index contributed by atoms with van der Waals surface area (Å²) in [5, 5.41) is 18.0. The van der Waals surface area contributed by atoms with Crippen LogP contribution < -0.4 is 28.4 Å². The molecule has 10 aromatic rings. The van der Waals surface area contributed by atoms with Crippen LogP contribution >= 0.6 is 0 Å². The maximum atomic E-state index is 11.4. The fourth-order valence-corrected chi connectivity index (χ4v) is 17.1. The van der Waals surface area contributed by atoms with Gasteiger partial charge in [0.05, 0.1) is 19.8 Å². The lowest BCUT2D eigenvalue weighted by Crippen LogP contribution is -2.48. The van der Waals surface area contributed by atoms with Gasteiger partial charge in [0.25, 0.3) is 0 Å². The van der Waals surface area contributed by atoms with Gasteiger partial charge in [0.2, 0.25) is 0 Å². The third-order valence-corrected chi connectivity index (χ3v) is 24.9. The molecule has 720 valence electrons. The van der Waals surface area contributed by atoms with Crippen molar-refractivity contribution in [1.29, 1.82) is 0 Å². The van der Waals surface area contributed by atoms with E-state index >= 15 is 0 Å². The van der Waals surface area contributed by atoms with E-state index in [1.807, 2.05) is 130 Å². The third kappa shape index (κ3) is 37.4. The van der Waals surface area contributed by atoms with Crippen LogP contribution in [0.2, 0.25) is 0 Å². The average Bonchev–Trinajstić information content (AvgIpc) is 0.734. The summed E-state index contributed by atoms with van der Waals surface area (Å²) in [4.78, 5) is 11.4. The zero-order valence-electron chi connectivity index (χ0n) is 73.9. The van der Waals surface area contributed by atoms with Crippen LogP contribution in [0.1, 0.15) is 335 Å². The zero-order chi connectivity index (χ0) is 85.2. The number of hydrogen-bond acceptors (Lipinski definition) is 12. The molecule has 15 rings (SSSR count). The summed E-state index contributed by atoms with van der Waals surface area (Å²) in [5.74, 6) is 12.5. The molecule has 8 atom stereocenters. The van der Waals surface area contributed by atoms with Crippen molar-refractivity contribution in [3.05, 3.63) is 288 Å². The highest BCUT2D eigenvalue weighted by molar-refractivity contribution is 5.82. The standard InChI is InChI=1S/C32H34O3.C30H40O3.C26H34O4.2C10H14O.10CH4/c1-4-24(2)26-18-20-29(21-19-26)35-25(3)33-22-23-34-32-30(27-12-7-5-8-13-27)16-11-17-31(32)28-14-9-6-10-15-28;1-4-21(2)26-5-9-29(10-6-26)33-22(3)31-13-14-32-28-11-7-27(8-12-28)30-18-23-15-24(19-30)17-25(16-23)20-30;1-4-19(2)21-7-15-26(16-8-21)30-20(3)28-17-18-29-25-13-9-23(10-14-25)22-5-11-24(27)12-6-22;2*1-3-8(2)9-4-6-10(11)7-5-9;;;;;;;;;;/h5-21,24-25H,4,22-23H2,1-3H3;5-12,21-25H,4,13-20H2,1-3H3;7-10,13-16,19-20,22H,4-6,11-12,17-18H2,1-3H3;2*4-8,11H,3H2,1-2H3;10*1H4. The van der Waals surface area contributed by atoms with Crippen molar-refractivity contribution >= 4 is 5.78 Å². The number of phenolic OH excluding ortho intramolecular Hbond substituents is 2. The Morgan fingerprint density at radius 1 is 0.315 bits per heavy atom. The Labute approximate surface area is 792 Å². The van der Waals surface area contributed by atoms with E-state index < -0.39 is 0 Å². The first-order valence-electron chi connectivity index (χ1n) is 44.8. The predicted octanol–water partition coefficient (Wildman–Crippen LogP) is 34.3. The second-order valence-corrected chi connectivity index (χ2v) is 33.7. The molecule has 0 saturated heterocycles. The van der Waals surface area contributed by atoms with Gasteiger partial charge in [-0.25, -0.2) is 0 Å². The molecule has 0 aliphatic heterocycles. The number of ether oxygens (including phenoxy) is 9. The number of hydrogen-bond donors (Lipinski definition) is 2. The van der Waals surface area contributed by atoms with Crippen LogP contribution in [0.3, 0.4) is 0 Å². The van der Waals surface area contributed by atoms with Gasteiger partial charge in [0.15, 0.2) is 18.9 Å². The first-order valence-corrected chi connectivity index (χ1v) is 44.8. The molecule has 0 spiro atoms. The molecule has 12 heteroatoms. The Bertz CT molecular complexity index is 4380. The first kappa shape index (κ1) is 120. The van der Waals surface area contributed by atoms with Crippen molar-refractivity contribution in [1.82, 2.24) is 0 Å². The summed E-state index contributed by atoms with van der Waals surface area (Å²) in [6.45, 7) is 30.6. The van der Waals surface area contributed by atoms with Crippen LogP contribution in [0.4, 0.5) is 0 Å². The number of carbonyl (C=O) groups is 1. The summed E-state index contributed by atoms with van der Waals surface area (Å²) >= 11 is 0. The molecule has 5 aliphatic carbocycles. The van der Waals surface area contributed by atoms with Gasteiger partial charge in [-0.2, -0.15) is 0 Å². The summed E-state index contributed by atoms with van der Waals surface area (Å²) in [7, 11) is 0. The molecule has 2 N–H and O–H groups in total. The van der Waals surface area contributed by atoms with Crippen LogP contribution in [-0.2, 0) is 24.4 Å². The fourth-order valence-electron chi connectivity index (χ4n) is 17.1. The number of Topliss-reactive ketones (excluding diaryl/α,β-unsaturated/α-hetero) is 1. The van der Waals surface area contributed by atoms with E-state index in [0.717, 1.165) is 119 Å². The average molecular weight is 1790 g/mol. The number of phenols is 2. The molecule has 0 heterocycles. The first-order chi connectivity index (χ1) is 58.2. The second-order valence-electron chi connectivity index (χ2n) is 33.7. The number of ketones is 1. The molecule has 10 aromatic carbocycles. The maximum Gasteiger partial charge on any atom is 0.197 e. The van der Waals surface area contributed by atoms with E-state index in [9.17, 15) is 4.79 Å². The molecule has 12 nitrogen and oxygen atoms in total. The van der Waals surface area contributed by atoms with Crippen molar-refractivity contribution in [3.63, 3.8) is 0 Å². The van der Waals surface area contributed by atoms with Crippen molar-refractivity contribution in [2.24, 2.45) is 17.8 Å². The topological polar surface area (TPSA) is 141 Å². The molecule has 5 fully saturated rings. The van der Waals surface area contributed by atoms with E-state index in [0.29, 0.717) is 111 Å². The molecule has 8 unspecified atom stereocenters. The highest BCUT2D eigenvalue weighted by atomic mass is 16.7. The van der Waals surface area contributed by atoms with Gasteiger partial charge in [0, 0.05) is 24.0 Å². The summed E-state index contributed by atoms with van der Waals surface area (Å²) in [6, 6.07) is 83.9. The van der Waals surface area contributed by atoms with E-state index in [-0.39, 0.29) is 93.1 Å². The number of benzene rings is 10. The van der Waals surface area contributed by atoms with Gasteiger partial charge >= 0.3 is 0 Å². The Kier molecular flexibility index (Phi) is 57.8. The van der Waals surface area contributed by atoms with Crippen LogP contribution in [0.25, 0.3) is 22.3 Å². The van der Waals surface area contributed by atoms with Gasteiger partial charge in [-0.15, -0.1) is 0 Å². The molecule has 0 radical (unpaired) electrons. The Balaban J connectivity index is 0.00000166. The monoisotopic (exact) mass is 1790 g/mol. The number of carbonyl (C=O) groups excluding carboxylic acids is 1. The quantitative estimate of drug-likeness (QED) is 0.0289. The van der Waals surface area contributed by atoms with Crippen molar-refractivity contribution in [2.45, 2.75) is 320 Å². The molecular weight excluding hydrogens is 1610 g/mol. The summed E-state index contributed by atoms with van der Waals surface area (Å²) in [6.07, 6.45) is 16.7. The van der Waals surface area contributed by atoms with Gasteiger partial charge in [-0.05, 0) is 298 Å². The zero-order valence-corrected chi connectivity index (χ0v) is 73.9. The lowest BCUT2D eigenvalue weighted by molar-refractivity contribution is -0.120. The number of rotatable bonds is 35.